The summed E-state index contributed by atoms with van der Waals surface area (Å²) in [6, 6.07) is 22.2. The van der Waals surface area contributed by atoms with Crippen LogP contribution in [0.4, 0.5) is 5.69 Å². The fraction of sp³-hybridized carbons (Fsp3) is 0.214. The van der Waals surface area contributed by atoms with Crippen LogP contribution in [-0.2, 0) is 31.2 Å². The quantitative estimate of drug-likeness (QED) is 0.213. The first kappa shape index (κ1) is 23.8. The van der Waals surface area contributed by atoms with Gasteiger partial charge in [-0.15, -0.1) is 0 Å². The Morgan fingerprint density at radius 2 is 1.84 bits per heavy atom. The van der Waals surface area contributed by atoms with Gasteiger partial charge in [0.05, 0.1) is 24.8 Å². The normalized spacial score (nSPS) is 25.3. The number of nitrogens with one attached hydrogen (secondary N) is 1. The van der Waals surface area contributed by atoms with Crippen molar-refractivity contribution in [2.45, 2.75) is 24.9 Å². The Bertz CT molecular complexity index is 1490. The molecule has 1 spiro atoms. The molecule has 1 fully saturated rings. The van der Waals surface area contributed by atoms with Crippen LogP contribution >= 0.6 is 28.1 Å². The van der Waals surface area contributed by atoms with Gasteiger partial charge in [-0.05, 0) is 36.8 Å². The molecule has 0 aromatic heterocycles. The largest absolute Gasteiger partial charge is 0.465 e. The molecule has 0 saturated carbocycles. The SMILES string of the molecule is CCOC(=O)[C@]12C(=O)Oc3ccc(Br)cc3[C@H]1[C@]1(NC2=S)C(=O)N(Cc2ccccc2)c2ccccc21. The van der Waals surface area contributed by atoms with Crippen LogP contribution in [0.15, 0.2) is 77.3 Å². The summed E-state index contributed by atoms with van der Waals surface area (Å²) in [4.78, 5) is 43.6. The van der Waals surface area contributed by atoms with Crippen LogP contribution in [0.3, 0.4) is 0 Å². The Kier molecular flexibility index (Phi) is 5.47. The Morgan fingerprint density at radius 3 is 2.59 bits per heavy atom. The predicted molar refractivity (Wildman–Crippen MR) is 143 cm³/mol. The van der Waals surface area contributed by atoms with E-state index in [0.29, 0.717) is 27.8 Å². The lowest BCUT2D eigenvalue weighted by molar-refractivity contribution is -0.164. The second kappa shape index (κ2) is 8.49. The molecule has 9 heteroatoms. The number of carbonyl (C=O) groups is 3. The Labute approximate surface area is 226 Å². The van der Waals surface area contributed by atoms with Gasteiger partial charge in [0.25, 0.3) is 5.91 Å². The smallest absolute Gasteiger partial charge is 0.336 e. The minimum atomic E-state index is -2.02. The minimum Gasteiger partial charge on any atom is -0.465 e. The number of fused-ring (bicyclic) bond motifs is 6. The van der Waals surface area contributed by atoms with Gasteiger partial charge in [0.15, 0.2) is 5.54 Å². The second-order valence-corrected chi connectivity index (χ2v) is 10.5. The zero-order chi connectivity index (χ0) is 25.9. The van der Waals surface area contributed by atoms with E-state index in [1.807, 2.05) is 54.6 Å². The van der Waals surface area contributed by atoms with E-state index >= 15 is 0 Å². The maximum Gasteiger partial charge on any atom is 0.336 e. The summed E-state index contributed by atoms with van der Waals surface area (Å²) in [6.07, 6.45) is 0. The van der Waals surface area contributed by atoms with Crippen molar-refractivity contribution in [3.8, 4) is 5.75 Å². The molecular formula is C28H21BrN2O5S. The number of para-hydroxylation sites is 1. The fourth-order valence-electron chi connectivity index (χ4n) is 5.84. The first-order valence-electron chi connectivity index (χ1n) is 11.8. The number of carbonyl (C=O) groups excluding carboxylic acids is 3. The third kappa shape index (κ3) is 3.10. The molecule has 3 aromatic rings. The first-order valence-corrected chi connectivity index (χ1v) is 13.0. The number of nitrogens with zero attached hydrogens (tertiary/aromatic N) is 1. The lowest BCUT2D eigenvalue weighted by Crippen LogP contribution is -2.55. The molecule has 0 unspecified atom stereocenters. The van der Waals surface area contributed by atoms with Crippen LogP contribution in [0.25, 0.3) is 0 Å². The van der Waals surface area contributed by atoms with E-state index in [9.17, 15) is 14.4 Å². The summed E-state index contributed by atoms with van der Waals surface area (Å²) < 4.78 is 11.8. The molecule has 1 amide bonds. The molecule has 37 heavy (non-hydrogen) atoms. The topological polar surface area (TPSA) is 84.9 Å². The van der Waals surface area contributed by atoms with E-state index < -0.39 is 28.8 Å². The molecular weight excluding hydrogens is 556 g/mol. The van der Waals surface area contributed by atoms with Crippen molar-refractivity contribution in [2.24, 2.45) is 5.41 Å². The fourth-order valence-corrected chi connectivity index (χ4v) is 6.67. The standard InChI is InChI=1S/C28H21BrN2O5S/c1-2-35-25(33)27-22(18-14-17(29)12-13-21(18)36-26(27)34)28(30-23(27)37)19-10-6-7-11-20(19)31(24(28)32)15-16-8-4-3-5-9-16/h3-14,22H,2,15H2,1H3,(H,30,37)/t22-,27+,28+/m1/s1. The Hall–Kier alpha value is -3.56. The molecule has 3 atom stereocenters. The molecule has 3 aliphatic heterocycles. The van der Waals surface area contributed by atoms with Crippen molar-refractivity contribution < 1.29 is 23.9 Å². The molecule has 3 aromatic carbocycles. The van der Waals surface area contributed by atoms with Crippen molar-refractivity contribution >= 4 is 56.7 Å². The zero-order valence-corrected chi connectivity index (χ0v) is 22.1. The van der Waals surface area contributed by atoms with Gasteiger partial charge in [-0.3, -0.25) is 9.59 Å². The number of esters is 2. The summed E-state index contributed by atoms with van der Waals surface area (Å²) in [5, 5.41) is 3.19. The molecule has 1 saturated heterocycles. The van der Waals surface area contributed by atoms with Gasteiger partial charge in [-0.25, -0.2) is 4.79 Å². The third-order valence-corrected chi connectivity index (χ3v) is 8.24. The third-order valence-electron chi connectivity index (χ3n) is 7.33. The maximum atomic E-state index is 14.6. The lowest BCUT2D eigenvalue weighted by atomic mass is 9.63. The van der Waals surface area contributed by atoms with Gasteiger partial charge < -0.3 is 19.7 Å². The average Bonchev–Trinajstić information content (AvgIpc) is 3.31. The van der Waals surface area contributed by atoms with Gasteiger partial charge in [0, 0.05) is 15.6 Å². The van der Waals surface area contributed by atoms with Gasteiger partial charge >= 0.3 is 11.9 Å². The number of halogens is 1. The van der Waals surface area contributed by atoms with E-state index in [2.05, 4.69) is 21.2 Å². The Morgan fingerprint density at radius 1 is 1.11 bits per heavy atom. The summed E-state index contributed by atoms with van der Waals surface area (Å²) in [6.45, 7) is 2.00. The van der Waals surface area contributed by atoms with Crippen LogP contribution in [0, 0.1) is 5.41 Å². The second-order valence-electron chi connectivity index (χ2n) is 9.19. The highest BCUT2D eigenvalue weighted by atomic mass is 79.9. The number of benzene rings is 3. The van der Waals surface area contributed by atoms with Crippen LogP contribution in [-0.4, -0.2) is 29.4 Å². The zero-order valence-electron chi connectivity index (χ0n) is 19.7. The molecule has 0 radical (unpaired) electrons. The van der Waals surface area contributed by atoms with E-state index in [4.69, 9.17) is 21.7 Å². The molecule has 7 nitrogen and oxygen atoms in total. The maximum absolute atomic E-state index is 14.6. The van der Waals surface area contributed by atoms with E-state index in [1.54, 1.807) is 30.0 Å². The summed E-state index contributed by atoms with van der Waals surface area (Å²) in [5.74, 6) is -2.76. The van der Waals surface area contributed by atoms with E-state index in [-0.39, 0.29) is 23.3 Å². The summed E-state index contributed by atoms with van der Waals surface area (Å²) in [7, 11) is 0. The molecule has 3 aliphatic rings. The number of ether oxygens (including phenoxy) is 2. The number of amides is 1. The van der Waals surface area contributed by atoms with Gasteiger partial charge in [-0.1, -0.05) is 76.7 Å². The highest BCUT2D eigenvalue weighted by Crippen LogP contribution is 2.63. The van der Waals surface area contributed by atoms with Crippen molar-refractivity contribution in [1.29, 1.82) is 0 Å². The highest BCUT2D eigenvalue weighted by molar-refractivity contribution is 9.10. The van der Waals surface area contributed by atoms with Gasteiger partial charge in [0.1, 0.15) is 10.7 Å². The van der Waals surface area contributed by atoms with Crippen LogP contribution < -0.4 is 15.0 Å². The van der Waals surface area contributed by atoms with E-state index in [1.165, 1.54) is 0 Å². The highest BCUT2D eigenvalue weighted by Gasteiger charge is 2.77. The monoisotopic (exact) mass is 576 g/mol. The van der Waals surface area contributed by atoms with E-state index in [0.717, 1.165) is 5.56 Å². The van der Waals surface area contributed by atoms with Crippen LogP contribution in [0.2, 0.25) is 0 Å². The van der Waals surface area contributed by atoms with Crippen LogP contribution in [0.5, 0.6) is 5.75 Å². The average molecular weight is 577 g/mol. The number of hydrogen-bond donors (Lipinski definition) is 1. The summed E-state index contributed by atoms with van der Waals surface area (Å²) >= 11 is 9.22. The van der Waals surface area contributed by atoms with Crippen molar-refractivity contribution in [3.63, 3.8) is 0 Å². The number of anilines is 1. The molecule has 1 N–H and O–H groups in total. The number of rotatable bonds is 4. The van der Waals surface area contributed by atoms with Crippen LogP contribution in [0.1, 0.15) is 29.5 Å². The van der Waals surface area contributed by atoms with Gasteiger partial charge in [-0.2, -0.15) is 0 Å². The number of thiocarbonyl (C=S) groups is 1. The molecule has 6 rings (SSSR count). The molecule has 0 bridgehead atoms. The first-order chi connectivity index (χ1) is 17.9. The van der Waals surface area contributed by atoms with Gasteiger partial charge in [0.2, 0.25) is 5.41 Å². The molecule has 0 aliphatic carbocycles. The van der Waals surface area contributed by atoms with Crippen molar-refractivity contribution in [2.75, 3.05) is 11.5 Å². The molecule has 186 valence electrons. The lowest BCUT2D eigenvalue weighted by Gasteiger charge is -2.39. The predicted octanol–water partition coefficient (Wildman–Crippen LogP) is 4.37. The Balaban J connectivity index is 1.63. The van der Waals surface area contributed by atoms with Crippen molar-refractivity contribution in [1.82, 2.24) is 5.32 Å². The van der Waals surface area contributed by atoms with Crippen molar-refractivity contribution in [3.05, 3.63) is 94.0 Å². The minimum absolute atomic E-state index is 0.0339. The number of hydrogen-bond acceptors (Lipinski definition) is 6. The molecule has 3 heterocycles. The summed E-state index contributed by atoms with van der Waals surface area (Å²) in [5.41, 5.74) is -0.781.